The molecular formula is C14H16ClF6N3. The van der Waals surface area contributed by atoms with Crippen molar-refractivity contribution in [2.75, 3.05) is 0 Å². The summed E-state index contributed by atoms with van der Waals surface area (Å²) < 4.78 is 78.6. The Morgan fingerprint density at radius 1 is 0.875 bits per heavy atom. The molecule has 0 amide bonds. The first-order chi connectivity index (χ1) is 10.7. The summed E-state index contributed by atoms with van der Waals surface area (Å²) in [5.41, 5.74) is -4.47. The zero-order valence-electron chi connectivity index (χ0n) is 13.3. The Bertz CT molecular complexity index is 565. The van der Waals surface area contributed by atoms with Gasteiger partial charge in [0.2, 0.25) is 0 Å². The number of alkyl halides is 6. The molecule has 1 aromatic rings. The predicted octanol–water partition coefficient (Wildman–Crippen LogP) is 6.50. The number of benzene rings is 1. The monoisotopic (exact) mass is 375 g/mol. The fraction of sp³-hybridized carbons (Fsp3) is 0.571. The van der Waals surface area contributed by atoms with Crippen molar-refractivity contribution in [3.8, 4) is 0 Å². The third-order valence-corrected chi connectivity index (χ3v) is 3.21. The molecule has 0 N–H and O–H groups in total. The molecule has 0 spiro atoms. The van der Waals surface area contributed by atoms with E-state index in [9.17, 15) is 26.3 Å². The van der Waals surface area contributed by atoms with E-state index in [1.807, 2.05) is 0 Å². The number of rotatable bonds is 4. The third-order valence-electron chi connectivity index (χ3n) is 2.99. The topological polar surface area (TPSA) is 28.0 Å². The Balaban J connectivity index is 3.59. The number of halogens is 7. The Morgan fingerprint density at radius 3 is 1.54 bits per heavy atom. The summed E-state index contributed by atoms with van der Waals surface area (Å²) >= 11 is 5.41. The van der Waals surface area contributed by atoms with Crippen LogP contribution < -0.4 is 0 Å². The van der Waals surface area contributed by atoms with E-state index in [0.717, 1.165) is 0 Å². The number of nitrogens with zero attached hydrogens (tertiary/aromatic N) is 3. The molecule has 136 valence electrons. The average Bonchev–Trinajstić information content (AvgIpc) is 2.36. The van der Waals surface area contributed by atoms with E-state index < -0.39 is 34.2 Å². The van der Waals surface area contributed by atoms with Crippen LogP contribution in [0.2, 0.25) is 5.02 Å². The summed E-state index contributed by atoms with van der Waals surface area (Å²) in [6, 6.07) is 0.287. The zero-order chi connectivity index (χ0) is 18.9. The highest BCUT2D eigenvalue weighted by molar-refractivity contribution is 6.30. The van der Waals surface area contributed by atoms with Gasteiger partial charge in [-0.05, 0) is 39.8 Å². The smallest absolute Gasteiger partial charge is 0.273 e. The van der Waals surface area contributed by atoms with Crippen LogP contribution in [0.5, 0.6) is 0 Å². The minimum absolute atomic E-state index is 0.260. The van der Waals surface area contributed by atoms with Crippen molar-refractivity contribution in [2.24, 2.45) is 10.3 Å². The lowest BCUT2D eigenvalue weighted by atomic mass is 10.1. The lowest BCUT2D eigenvalue weighted by molar-refractivity contribution is -0.142. The molecule has 0 heterocycles. The summed E-state index contributed by atoms with van der Waals surface area (Å²) in [5.74, 6) is 0. The fourth-order valence-corrected chi connectivity index (χ4v) is 2.26. The van der Waals surface area contributed by atoms with Crippen molar-refractivity contribution in [3.63, 3.8) is 0 Å². The first kappa shape index (κ1) is 20.5. The summed E-state index contributed by atoms with van der Waals surface area (Å²) in [7, 11) is 0. The molecule has 1 aromatic carbocycles. The number of hydrogen-bond acceptors (Lipinski definition) is 2. The molecule has 0 saturated carbocycles. The Labute approximate surface area is 140 Å². The second-order valence-corrected chi connectivity index (χ2v) is 6.04. The Hall–Kier alpha value is -1.51. The minimum Gasteiger partial charge on any atom is -0.273 e. The third kappa shape index (κ3) is 4.99. The average molecular weight is 376 g/mol. The van der Waals surface area contributed by atoms with Crippen LogP contribution >= 0.6 is 11.6 Å². The van der Waals surface area contributed by atoms with E-state index in [0.29, 0.717) is 12.1 Å². The van der Waals surface area contributed by atoms with Gasteiger partial charge in [0.15, 0.2) is 0 Å². The standard InChI is InChI=1S/C14H16ClF6N3/c1-7(2)24(8(3)4)23-22-12-10(13(16,17)18)5-9(15)6-11(12)14(19,20)21/h5-8H,1-4H3. The molecule has 0 aliphatic heterocycles. The second-order valence-electron chi connectivity index (χ2n) is 5.60. The molecule has 24 heavy (non-hydrogen) atoms. The maximum atomic E-state index is 13.1. The van der Waals surface area contributed by atoms with Gasteiger partial charge < -0.3 is 0 Å². The quantitative estimate of drug-likeness (QED) is 0.335. The zero-order valence-corrected chi connectivity index (χ0v) is 14.1. The van der Waals surface area contributed by atoms with E-state index in [1.54, 1.807) is 27.7 Å². The predicted molar refractivity (Wildman–Crippen MR) is 78.1 cm³/mol. The Kier molecular flexibility index (Phi) is 6.13. The van der Waals surface area contributed by atoms with Crippen LogP contribution in [-0.2, 0) is 12.4 Å². The van der Waals surface area contributed by atoms with Gasteiger partial charge in [0, 0.05) is 17.1 Å². The van der Waals surface area contributed by atoms with Crippen LogP contribution in [0, 0.1) is 0 Å². The van der Waals surface area contributed by atoms with E-state index in [1.165, 1.54) is 5.01 Å². The molecule has 0 bridgehead atoms. The van der Waals surface area contributed by atoms with Gasteiger partial charge in [0.05, 0.1) is 11.1 Å². The molecule has 0 atom stereocenters. The highest BCUT2D eigenvalue weighted by Gasteiger charge is 2.42. The van der Waals surface area contributed by atoms with Crippen molar-refractivity contribution >= 4 is 17.3 Å². The first-order valence-corrected chi connectivity index (χ1v) is 7.30. The summed E-state index contributed by atoms with van der Waals surface area (Å²) in [4.78, 5) is 0. The van der Waals surface area contributed by atoms with Gasteiger partial charge in [-0.25, -0.2) is 0 Å². The normalized spacial score (nSPS) is 13.4. The van der Waals surface area contributed by atoms with Crippen molar-refractivity contribution in [2.45, 2.75) is 52.1 Å². The van der Waals surface area contributed by atoms with Crippen molar-refractivity contribution < 1.29 is 26.3 Å². The fourth-order valence-electron chi connectivity index (χ4n) is 2.04. The van der Waals surface area contributed by atoms with Gasteiger partial charge in [-0.1, -0.05) is 16.8 Å². The van der Waals surface area contributed by atoms with E-state index in [-0.39, 0.29) is 12.1 Å². The molecule has 10 heteroatoms. The molecule has 0 saturated heterocycles. The van der Waals surface area contributed by atoms with Crippen molar-refractivity contribution in [1.29, 1.82) is 0 Å². The highest BCUT2D eigenvalue weighted by Crippen LogP contribution is 2.46. The molecule has 0 aromatic heterocycles. The van der Waals surface area contributed by atoms with Crippen LogP contribution in [0.25, 0.3) is 0 Å². The van der Waals surface area contributed by atoms with Gasteiger partial charge in [-0.2, -0.15) is 26.3 Å². The van der Waals surface area contributed by atoms with Crippen LogP contribution in [0.3, 0.4) is 0 Å². The second kappa shape index (κ2) is 7.16. The van der Waals surface area contributed by atoms with Crippen LogP contribution in [-0.4, -0.2) is 17.1 Å². The summed E-state index contributed by atoms with van der Waals surface area (Å²) in [6.45, 7) is 6.76. The minimum atomic E-state index is -5.06. The Morgan fingerprint density at radius 2 is 1.25 bits per heavy atom. The SMILES string of the molecule is CC(C)N(N=Nc1c(C(F)(F)F)cc(Cl)cc1C(F)(F)F)C(C)C. The van der Waals surface area contributed by atoms with E-state index >= 15 is 0 Å². The summed E-state index contributed by atoms with van der Waals surface area (Å²) in [5, 5.41) is 7.48. The first-order valence-electron chi connectivity index (χ1n) is 6.93. The molecular weight excluding hydrogens is 360 g/mol. The molecule has 1 rings (SSSR count). The van der Waals surface area contributed by atoms with Crippen LogP contribution in [0.15, 0.2) is 22.5 Å². The van der Waals surface area contributed by atoms with E-state index in [2.05, 4.69) is 10.3 Å². The van der Waals surface area contributed by atoms with E-state index in [4.69, 9.17) is 11.6 Å². The maximum Gasteiger partial charge on any atom is 0.418 e. The maximum absolute atomic E-state index is 13.1. The molecule has 0 aliphatic rings. The van der Waals surface area contributed by atoms with Gasteiger partial charge in [-0.3, -0.25) is 5.01 Å². The van der Waals surface area contributed by atoms with Crippen molar-refractivity contribution in [1.82, 2.24) is 5.01 Å². The van der Waals surface area contributed by atoms with Gasteiger partial charge >= 0.3 is 12.4 Å². The largest absolute Gasteiger partial charge is 0.418 e. The lowest BCUT2D eigenvalue weighted by Crippen LogP contribution is -2.31. The molecule has 0 fully saturated rings. The molecule has 0 radical (unpaired) electrons. The van der Waals surface area contributed by atoms with Gasteiger partial charge in [0.1, 0.15) is 5.69 Å². The summed E-state index contributed by atoms with van der Waals surface area (Å²) in [6.07, 6.45) is -10.1. The molecule has 3 nitrogen and oxygen atoms in total. The van der Waals surface area contributed by atoms with Crippen LogP contribution in [0.1, 0.15) is 38.8 Å². The highest BCUT2D eigenvalue weighted by atomic mass is 35.5. The molecule has 0 aliphatic carbocycles. The molecule has 0 unspecified atom stereocenters. The lowest BCUT2D eigenvalue weighted by Gasteiger charge is -2.26. The van der Waals surface area contributed by atoms with Gasteiger partial charge in [0.25, 0.3) is 0 Å². The van der Waals surface area contributed by atoms with Crippen LogP contribution in [0.4, 0.5) is 32.0 Å². The number of hydrogen-bond donors (Lipinski definition) is 0. The van der Waals surface area contributed by atoms with Crippen molar-refractivity contribution in [3.05, 3.63) is 28.3 Å². The van der Waals surface area contributed by atoms with Gasteiger partial charge in [-0.15, -0.1) is 5.11 Å².